The Balaban J connectivity index is 2.18. The maximum atomic E-state index is 11.5. The van der Waals surface area contributed by atoms with E-state index in [1.165, 1.54) is 24.8 Å². The molecule has 0 aliphatic heterocycles. The highest BCUT2D eigenvalue weighted by Gasteiger charge is 1.99. The first kappa shape index (κ1) is 13.6. The summed E-state index contributed by atoms with van der Waals surface area (Å²) in [6.07, 6.45) is 4.69. The number of benzene rings is 1. The van der Waals surface area contributed by atoms with Crippen LogP contribution in [0, 0.1) is 6.92 Å². The molecule has 0 radical (unpaired) electrons. The van der Waals surface area contributed by atoms with Gasteiger partial charge in [0.1, 0.15) is 0 Å². The zero-order chi connectivity index (χ0) is 12.5. The summed E-state index contributed by atoms with van der Waals surface area (Å²) in [4.78, 5) is 11.5. The van der Waals surface area contributed by atoms with Crippen molar-refractivity contribution in [2.45, 2.75) is 39.5 Å². The lowest BCUT2D eigenvalue weighted by Gasteiger charge is -2.07. The monoisotopic (exact) mass is 234 g/mol. The molecule has 2 amide bonds. The Hall–Kier alpha value is -1.51. The molecule has 0 aliphatic carbocycles. The highest BCUT2D eigenvalue weighted by Crippen LogP contribution is 2.08. The standard InChI is InChI=1S/C14H22N2O/c1-3-4-5-6-11-15-14(17)16-13-9-7-12(2)8-10-13/h7-10H,3-6,11H2,1-2H3,(H2,15,16,17). The Bertz CT molecular complexity index is 333. The number of aryl methyl sites for hydroxylation is 1. The summed E-state index contributed by atoms with van der Waals surface area (Å²) in [5.41, 5.74) is 2.03. The summed E-state index contributed by atoms with van der Waals surface area (Å²) in [6, 6.07) is 7.66. The van der Waals surface area contributed by atoms with E-state index in [-0.39, 0.29) is 6.03 Å². The van der Waals surface area contributed by atoms with Gasteiger partial charge in [-0.05, 0) is 25.5 Å². The van der Waals surface area contributed by atoms with Crippen LogP contribution < -0.4 is 10.6 Å². The summed E-state index contributed by atoms with van der Waals surface area (Å²) < 4.78 is 0. The normalized spacial score (nSPS) is 10.0. The highest BCUT2D eigenvalue weighted by molar-refractivity contribution is 5.89. The number of hydrogen-bond acceptors (Lipinski definition) is 1. The minimum atomic E-state index is -0.120. The average Bonchev–Trinajstić information content (AvgIpc) is 2.32. The lowest BCUT2D eigenvalue weighted by Crippen LogP contribution is -2.29. The average molecular weight is 234 g/mol. The summed E-state index contributed by atoms with van der Waals surface area (Å²) in [7, 11) is 0. The third-order valence-electron chi connectivity index (χ3n) is 2.63. The zero-order valence-corrected chi connectivity index (χ0v) is 10.8. The third-order valence-corrected chi connectivity index (χ3v) is 2.63. The largest absolute Gasteiger partial charge is 0.338 e. The molecule has 0 saturated carbocycles. The Morgan fingerprint density at radius 2 is 1.82 bits per heavy atom. The smallest absolute Gasteiger partial charge is 0.319 e. The molecule has 3 nitrogen and oxygen atoms in total. The molecule has 0 atom stereocenters. The quantitative estimate of drug-likeness (QED) is 0.724. The van der Waals surface area contributed by atoms with Crippen molar-refractivity contribution in [3.05, 3.63) is 29.8 Å². The molecule has 0 heterocycles. The minimum Gasteiger partial charge on any atom is -0.338 e. The van der Waals surface area contributed by atoms with Gasteiger partial charge in [0.25, 0.3) is 0 Å². The molecule has 0 spiro atoms. The van der Waals surface area contributed by atoms with E-state index in [1.807, 2.05) is 31.2 Å². The zero-order valence-electron chi connectivity index (χ0n) is 10.8. The predicted molar refractivity (Wildman–Crippen MR) is 72.3 cm³/mol. The number of unbranched alkanes of at least 4 members (excludes halogenated alkanes) is 3. The number of nitrogens with one attached hydrogen (secondary N) is 2. The molecule has 1 aromatic carbocycles. The molecule has 0 aliphatic rings. The van der Waals surface area contributed by atoms with Gasteiger partial charge in [-0.3, -0.25) is 0 Å². The van der Waals surface area contributed by atoms with Gasteiger partial charge in [-0.25, -0.2) is 4.79 Å². The second kappa shape index (κ2) is 7.71. The van der Waals surface area contributed by atoms with E-state index in [2.05, 4.69) is 17.6 Å². The molecule has 3 heteroatoms. The van der Waals surface area contributed by atoms with Gasteiger partial charge in [0.15, 0.2) is 0 Å². The van der Waals surface area contributed by atoms with E-state index in [9.17, 15) is 4.79 Å². The van der Waals surface area contributed by atoms with Gasteiger partial charge in [-0.1, -0.05) is 43.9 Å². The molecule has 0 fully saturated rings. The van der Waals surface area contributed by atoms with Crippen LogP contribution in [0.5, 0.6) is 0 Å². The molecular weight excluding hydrogens is 212 g/mol. The van der Waals surface area contributed by atoms with Crippen LogP contribution in [0.3, 0.4) is 0 Å². The number of rotatable bonds is 6. The minimum absolute atomic E-state index is 0.120. The molecule has 1 rings (SSSR count). The molecule has 94 valence electrons. The van der Waals surface area contributed by atoms with E-state index in [0.717, 1.165) is 18.7 Å². The lowest BCUT2D eigenvalue weighted by molar-refractivity contribution is 0.252. The number of urea groups is 1. The van der Waals surface area contributed by atoms with Crippen molar-refractivity contribution >= 4 is 11.7 Å². The third kappa shape index (κ3) is 5.95. The molecule has 1 aromatic rings. The Morgan fingerprint density at radius 1 is 1.12 bits per heavy atom. The summed E-state index contributed by atoms with van der Waals surface area (Å²) in [5, 5.41) is 5.66. The number of anilines is 1. The number of hydrogen-bond donors (Lipinski definition) is 2. The van der Waals surface area contributed by atoms with Crippen LogP contribution >= 0.6 is 0 Å². The summed E-state index contributed by atoms with van der Waals surface area (Å²) >= 11 is 0. The van der Waals surface area contributed by atoms with Crippen molar-refractivity contribution in [3.63, 3.8) is 0 Å². The van der Waals surface area contributed by atoms with E-state index in [4.69, 9.17) is 0 Å². The van der Waals surface area contributed by atoms with Gasteiger partial charge in [-0.15, -0.1) is 0 Å². The molecule has 0 saturated heterocycles. The molecule has 0 bridgehead atoms. The predicted octanol–water partition coefficient (Wildman–Crippen LogP) is 3.70. The topological polar surface area (TPSA) is 41.1 Å². The van der Waals surface area contributed by atoms with Crippen LogP contribution in [0.15, 0.2) is 24.3 Å². The van der Waals surface area contributed by atoms with Crippen molar-refractivity contribution in [1.82, 2.24) is 5.32 Å². The molecule has 2 N–H and O–H groups in total. The molecule has 17 heavy (non-hydrogen) atoms. The van der Waals surface area contributed by atoms with Crippen LogP contribution in [0.2, 0.25) is 0 Å². The Labute approximate surface area is 104 Å². The van der Waals surface area contributed by atoms with Crippen molar-refractivity contribution < 1.29 is 4.79 Å². The first-order valence-corrected chi connectivity index (χ1v) is 6.34. The van der Waals surface area contributed by atoms with Crippen molar-refractivity contribution in [2.24, 2.45) is 0 Å². The lowest BCUT2D eigenvalue weighted by atomic mass is 10.2. The first-order chi connectivity index (χ1) is 8.22. The SMILES string of the molecule is CCCCCCNC(=O)Nc1ccc(C)cc1. The first-order valence-electron chi connectivity index (χ1n) is 6.34. The molecule has 0 unspecified atom stereocenters. The summed E-state index contributed by atoms with van der Waals surface area (Å²) in [5.74, 6) is 0. The van der Waals surface area contributed by atoms with Gasteiger partial charge in [0, 0.05) is 12.2 Å². The van der Waals surface area contributed by atoms with E-state index >= 15 is 0 Å². The number of amides is 2. The fraction of sp³-hybridized carbons (Fsp3) is 0.500. The fourth-order valence-electron chi connectivity index (χ4n) is 1.57. The van der Waals surface area contributed by atoms with Crippen LogP contribution in [0.1, 0.15) is 38.2 Å². The van der Waals surface area contributed by atoms with E-state index in [1.54, 1.807) is 0 Å². The second-order valence-electron chi connectivity index (χ2n) is 4.31. The van der Waals surface area contributed by atoms with Gasteiger partial charge < -0.3 is 10.6 Å². The van der Waals surface area contributed by atoms with Gasteiger partial charge in [-0.2, -0.15) is 0 Å². The number of carbonyl (C=O) groups excluding carboxylic acids is 1. The molecule has 0 aromatic heterocycles. The van der Waals surface area contributed by atoms with Crippen LogP contribution in [-0.4, -0.2) is 12.6 Å². The highest BCUT2D eigenvalue weighted by atomic mass is 16.2. The maximum Gasteiger partial charge on any atom is 0.319 e. The van der Waals surface area contributed by atoms with Gasteiger partial charge in [0.2, 0.25) is 0 Å². The van der Waals surface area contributed by atoms with E-state index in [0.29, 0.717) is 0 Å². The molecular formula is C14H22N2O. The van der Waals surface area contributed by atoms with Crippen LogP contribution in [0.4, 0.5) is 10.5 Å². The fourth-order valence-corrected chi connectivity index (χ4v) is 1.57. The van der Waals surface area contributed by atoms with Crippen molar-refractivity contribution in [1.29, 1.82) is 0 Å². The van der Waals surface area contributed by atoms with Crippen LogP contribution in [-0.2, 0) is 0 Å². The van der Waals surface area contributed by atoms with Crippen molar-refractivity contribution in [2.75, 3.05) is 11.9 Å². The van der Waals surface area contributed by atoms with Crippen LogP contribution in [0.25, 0.3) is 0 Å². The van der Waals surface area contributed by atoms with E-state index < -0.39 is 0 Å². The van der Waals surface area contributed by atoms with Crippen molar-refractivity contribution in [3.8, 4) is 0 Å². The van der Waals surface area contributed by atoms with Gasteiger partial charge in [0.05, 0.1) is 0 Å². The Morgan fingerprint density at radius 3 is 2.47 bits per heavy atom. The maximum absolute atomic E-state index is 11.5. The summed E-state index contributed by atoms with van der Waals surface area (Å²) in [6.45, 7) is 4.95. The Kier molecular flexibility index (Phi) is 6.15. The number of carbonyl (C=O) groups is 1. The second-order valence-corrected chi connectivity index (χ2v) is 4.31. The van der Waals surface area contributed by atoms with Gasteiger partial charge >= 0.3 is 6.03 Å².